The van der Waals surface area contributed by atoms with Crippen LogP contribution in [0.25, 0.3) is 0 Å². The summed E-state index contributed by atoms with van der Waals surface area (Å²) in [5.74, 6) is 1.02. The Labute approximate surface area is 172 Å². The first-order valence-electron chi connectivity index (χ1n) is 9.75. The SMILES string of the molecule is CC(Cc1ccncc1)NC(=O)c1ccc(Oc2ccc(C(C)(C)C)cc2)nc1. The van der Waals surface area contributed by atoms with E-state index in [9.17, 15) is 4.79 Å². The summed E-state index contributed by atoms with van der Waals surface area (Å²) < 4.78 is 5.79. The number of ether oxygens (including phenoxy) is 1. The van der Waals surface area contributed by atoms with Gasteiger partial charge in [0, 0.05) is 30.7 Å². The molecule has 2 aromatic heterocycles. The Bertz CT molecular complexity index is 931. The maximum Gasteiger partial charge on any atom is 0.253 e. The maximum absolute atomic E-state index is 12.4. The fraction of sp³-hybridized carbons (Fsp3) is 0.292. The zero-order valence-corrected chi connectivity index (χ0v) is 17.3. The van der Waals surface area contributed by atoms with E-state index in [-0.39, 0.29) is 17.4 Å². The van der Waals surface area contributed by atoms with Crippen molar-refractivity contribution >= 4 is 5.91 Å². The van der Waals surface area contributed by atoms with Crippen LogP contribution in [0, 0.1) is 0 Å². The number of nitrogens with zero attached hydrogens (tertiary/aromatic N) is 2. The zero-order chi connectivity index (χ0) is 20.9. The zero-order valence-electron chi connectivity index (χ0n) is 17.3. The number of pyridine rings is 2. The Morgan fingerprint density at radius 2 is 1.72 bits per heavy atom. The third-order valence-electron chi connectivity index (χ3n) is 4.61. The first-order chi connectivity index (χ1) is 13.8. The van der Waals surface area contributed by atoms with Gasteiger partial charge >= 0.3 is 0 Å². The van der Waals surface area contributed by atoms with Crippen LogP contribution in [0.15, 0.2) is 67.1 Å². The Kier molecular flexibility index (Phi) is 6.27. The molecule has 1 N–H and O–H groups in total. The van der Waals surface area contributed by atoms with Crippen molar-refractivity contribution in [2.24, 2.45) is 0 Å². The number of aromatic nitrogens is 2. The molecule has 0 saturated heterocycles. The standard InChI is InChI=1S/C24H27N3O2/c1-17(15-18-11-13-25-14-12-18)27-23(28)19-5-10-22(26-16-19)29-21-8-6-20(7-9-21)24(2,3)4/h5-14,16-17H,15H2,1-4H3,(H,27,28). The first kappa shape index (κ1) is 20.5. The lowest BCUT2D eigenvalue weighted by Gasteiger charge is -2.19. The van der Waals surface area contributed by atoms with Crippen molar-refractivity contribution in [1.82, 2.24) is 15.3 Å². The molecule has 0 aliphatic carbocycles. The van der Waals surface area contributed by atoms with E-state index in [2.05, 4.69) is 48.2 Å². The third kappa shape index (κ3) is 5.88. The normalized spacial score (nSPS) is 12.3. The summed E-state index contributed by atoms with van der Waals surface area (Å²) in [6.07, 6.45) is 5.78. The predicted molar refractivity (Wildman–Crippen MR) is 114 cm³/mol. The fourth-order valence-corrected chi connectivity index (χ4v) is 2.95. The Morgan fingerprint density at radius 3 is 2.31 bits per heavy atom. The van der Waals surface area contributed by atoms with Gasteiger partial charge in [-0.3, -0.25) is 9.78 Å². The first-order valence-corrected chi connectivity index (χ1v) is 9.75. The van der Waals surface area contributed by atoms with Gasteiger partial charge in [-0.15, -0.1) is 0 Å². The number of benzene rings is 1. The van der Waals surface area contributed by atoms with E-state index < -0.39 is 0 Å². The summed E-state index contributed by atoms with van der Waals surface area (Å²) in [4.78, 5) is 20.7. The van der Waals surface area contributed by atoms with Crippen molar-refractivity contribution in [2.45, 2.75) is 45.6 Å². The fourth-order valence-electron chi connectivity index (χ4n) is 2.95. The number of hydrogen-bond donors (Lipinski definition) is 1. The second-order valence-corrected chi connectivity index (χ2v) is 8.20. The van der Waals surface area contributed by atoms with Gasteiger partial charge in [0.05, 0.1) is 5.56 Å². The Morgan fingerprint density at radius 1 is 1.03 bits per heavy atom. The molecule has 0 saturated carbocycles. The van der Waals surface area contributed by atoms with Crippen LogP contribution in [0.4, 0.5) is 0 Å². The number of carbonyl (C=O) groups excluding carboxylic acids is 1. The van der Waals surface area contributed by atoms with E-state index in [1.165, 1.54) is 11.8 Å². The van der Waals surface area contributed by atoms with Crippen LogP contribution in [-0.2, 0) is 11.8 Å². The van der Waals surface area contributed by atoms with Crippen LogP contribution in [0.5, 0.6) is 11.6 Å². The van der Waals surface area contributed by atoms with Crippen molar-refractivity contribution < 1.29 is 9.53 Å². The van der Waals surface area contributed by atoms with Crippen LogP contribution < -0.4 is 10.1 Å². The summed E-state index contributed by atoms with van der Waals surface area (Å²) in [5.41, 5.74) is 2.97. The summed E-state index contributed by atoms with van der Waals surface area (Å²) >= 11 is 0. The number of nitrogens with one attached hydrogen (secondary N) is 1. The molecule has 0 bridgehead atoms. The summed E-state index contributed by atoms with van der Waals surface area (Å²) in [6, 6.07) is 15.3. The largest absolute Gasteiger partial charge is 0.439 e. The van der Waals surface area contributed by atoms with Crippen molar-refractivity contribution in [3.05, 3.63) is 83.8 Å². The molecule has 0 aliphatic rings. The minimum Gasteiger partial charge on any atom is -0.439 e. The molecule has 0 radical (unpaired) electrons. The highest BCUT2D eigenvalue weighted by Crippen LogP contribution is 2.26. The minimum absolute atomic E-state index is 0.00200. The van der Waals surface area contributed by atoms with E-state index in [1.807, 2.05) is 31.2 Å². The minimum atomic E-state index is -0.153. The van der Waals surface area contributed by atoms with E-state index in [0.29, 0.717) is 17.2 Å². The van der Waals surface area contributed by atoms with Gasteiger partial charge in [-0.05, 0) is 60.2 Å². The van der Waals surface area contributed by atoms with Crippen LogP contribution in [0.1, 0.15) is 49.2 Å². The summed E-state index contributed by atoms with van der Waals surface area (Å²) in [5, 5.41) is 2.99. The Hall–Kier alpha value is -3.21. The monoisotopic (exact) mass is 389 g/mol. The van der Waals surface area contributed by atoms with Crippen molar-refractivity contribution in [1.29, 1.82) is 0 Å². The van der Waals surface area contributed by atoms with Crippen molar-refractivity contribution in [3.8, 4) is 11.6 Å². The molecule has 1 atom stereocenters. The van der Waals surface area contributed by atoms with Gasteiger partial charge in [-0.2, -0.15) is 0 Å². The molecule has 3 aromatic rings. The number of carbonyl (C=O) groups is 1. The van der Waals surface area contributed by atoms with Crippen LogP contribution in [0.2, 0.25) is 0 Å². The van der Waals surface area contributed by atoms with Gasteiger partial charge in [0.1, 0.15) is 5.75 Å². The average molecular weight is 389 g/mol. The molecule has 1 amide bonds. The molecule has 2 heterocycles. The molecule has 5 heteroatoms. The number of hydrogen-bond acceptors (Lipinski definition) is 4. The molecule has 0 fully saturated rings. The molecular weight excluding hydrogens is 362 g/mol. The van der Waals surface area contributed by atoms with Gasteiger partial charge in [0.25, 0.3) is 5.91 Å². The van der Waals surface area contributed by atoms with Crippen LogP contribution in [0.3, 0.4) is 0 Å². The second-order valence-electron chi connectivity index (χ2n) is 8.20. The lowest BCUT2D eigenvalue weighted by atomic mass is 9.87. The maximum atomic E-state index is 12.4. The summed E-state index contributed by atoms with van der Waals surface area (Å²) in [7, 11) is 0. The smallest absolute Gasteiger partial charge is 0.253 e. The average Bonchev–Trinajstić information content (AvgIpc) is 2.69. The van der Waals surface area contributed by atoms with Gasteiger partial charge in [0.2, 0.25) is 5.88 Å². The van der Waals surface area contributed by atoms with Gasteiger partial charge in [-0.25, -0.2) is 4.98 Å². The van der Waals surface area contributed by atoms with E-state index in [4.69, 9.17) is 4.74 Å². The molecule has 1 aromatic carbocycles. The van der Waals surface area contributed by atoms with Gasteiger partial charge in [0.15, 0.2) is 0 Å². The van der Waals surface area contributed by atoms with E-state index >= 15 is 0 Å². The highest BCUT2D eigenvalue weighted by atomic mass is 16.5. The third-order valence-corrected chi connectivity index (χ3v) is 4.61. The second kappa shape index (κ2) is 8.86. The molecule has 0 spiro atoms. The number of rotatable bonds is 6. The van der Waals surface area contributed by atoms with Crippen molar-refractivity contribution in [3.63, 3.8) is 0 Å². The Balaban J connectivity index is 1.57. The van der Waals surface area contributed by atoms with Crippen LogP contribution in [-0.4, -0.2) is 21.9 Å². The molecule has 3 rings (SSSR count). The molecule has 150 valence electrons. The predicted octanol–water partition coefficient (Wildman–Crippen LogP) is 4.93. The molecular formula is C24H27N3O2. The van der Waals surface area contributed by atoms with Gasteiger partial charge in [-0.1, -0.05) is 32.9 Å². The quantitative estimate of drug-likeness (QED) is 0.649. The lowest BCUT2D eigenvalue weighted by Crippen LogP contribution is -2.34. The van der Waals surface area contributed by atoms with Crippen LogP contribution >= 0.6 is 0 Å². The number of amides is 1. The van der Waals surface area contributed by atoms with Gasteiger partial charge < -0.3 is 10.1 Å². The summed E-state index contributed by atoms with van der Waals surface area (Å²) in [6.45, 7) is 8.49. The van der Waals surface area contributed by atoms with Crippen molar-refractivity contribution in [2.75, 3.05) is 0 Å². The van der Waals surface area contributed by atoms with E-state index in [1.54, 1.807) is 24.5 Å². The highest BCUT2D eigenvalue weighted by molar-refractivity contribution is 5.94. The molecule has 0 aliphatic heterocycles. The molecule has 29 heavy (non-hydrogen) atoms. The van der Waals surface area contributed by atoms with E-state index in [0.717, 1.165) is 12.0 Å². The highest BCUT2D eigenvalue weighted by Gasteiger charge is 2.14. The molecule has 1 unspecified atom stereocenters. The lowest BCUT2D eigenvalue weighted by molar-refractivity contribution is 0.0939. The topological polar surface area (TPSA) is 64.1 Å². The molecule has 5 nitrogen and oxygen atoms in total.